The second kappa shape index (κ2) is 25.8. The first-order valence-corrected chi connectivity index (χ1v) is 41.5. The summed E-state index contributed by atoms with van der Waals surface area (Å²) < 4.78 is 23.1. The van der Waals surface area contributed by atoms with Gasteiger partial charge in [-0.1, -0.05) is 280 Å². The smallest absolute Gasteiger partial charge is 0.252 e. The highest BCUT2D eigenvalue weighted by Gasteiger charge is 2.47. The fraction of sp³-hybridized carbons (Fsp3) is 0.182. The quantitative estimate of drug-likeness (QED) is 0.142. The third kappa shape index (κ3) is 11.5. The third-order valence-electron chi connectivity index (χ3n) is 25.3. The van der Waals surface area contributed by atoms with E-state index in [1.54, 1.807) is 0 Å². The van der Waals surface area contributed by atoms with E-state index in [0.717, 1.165) is 172 Å². The molecule has 7 heteroatoms. The second-order valence-electron chi connectivity index (χ2n) is 38.0. The Morgan fingerprint density at radius 1 is 0.239 bits per heavy atom. The molecule has 6 nitrogen and oxygen atoms in total. The topological polar surface area (TPSA) is 50.8 Å². The Bertz CT molecular complexity index is 7280. The van der Waals surface area contributed by atoms with Crippen LogP contribution >= 0.6 is 0 Å². The van der Waals surface area contributed by atoms with Crippen molar-refractivity contribution in [3.8, 4) is 61.3 Å². The van der Waals surface area contributed by atoms with Crippen LogP contribution in [0.25, 0.3) is 149 Å². The molecule has 6 heterocycles. The number of nitrogens with zero attached hydrogens (tertiary/aromatic N) is 3. The van der Waals surface area contributed by atoms with Crippen molar-refractivity contribution in [3.63, 3.8) is 0 Å². The molecule has 21 rings (SSSR count). The molecular weight excluding hydrogens is 1420 g/mol. The fourth-order valence-electron chi connectivity index (χ4n) is 19.1. The van der Waals surface area contributed by atoms with Crippen LogP contribution in [0.2, 0.25) is 0 Å². The van der Waals surface area contributed by atoms with Crippen LogP contribution in [0.4, 0.5) is 34.1 Å². The van der Waals surface area contributed by atoms with Crippen molar-refractivity contribution in [2.24, 2.45) is 0 Å². The molecule has 19 aromatic rings. The Labute approximate surface area is 685 Å². The van der Waals surface area contributed by atoms with Crippen LogP contribution in [0.15, 0.2) is 311 Å². The standard InChI is InChI=1S/C110H94BN3O3/c1-106(2,3)69-46-51-89-82(56-69)83-57-70(107(4,5)6)47-52-90(83)112(89)74-48-50-88-92(64-74)114(105-81(66-32-20-17-21-33-66)59-72(109(10,11)12)61-86(105)77-38-29-43-100-102(77)79-36-24-27-41-97(79)117-100)94-63-73(110(13,14)15)62-93-103(94)111(88)87-49-44-68(67-45-53-98-84(54-67)75-34-22-25-39-95(75)115-98)55-91(87)113(93)104-80(65-30-18-16-19-31-65)58-71(108(7,8)9)60-85(104)76-37-28-42-99-101(76)78-35-23-26-40-96(78)116-99/h16-64H,1-15H3. The summed E-state index contributed by atoms with van der Waals surface area (Å²) in [7, 11) is 0. The Morgan fingerprint density at radius 3 is 1.11 bits per heavy atom. The summed E-state index contributed by atoms with van der Waals surface area (Å²) in [5.74, 6) is 0. The largest absolute Gasteiger partial charge is 0.456 e. The van der Waals surface area contributed by atoms with Gasteiger partial charge in [-0.15, -0.1) is 0 Å². The molecule has 0 amide bonds. The molecule has 0 saturated carbocycles. The SMILES string of the molecule is CC(C)(C)c1cc(-c2ccccc2)c(N2c3cc(-c4ccc5oc6ccccc6c5c4)ccc3B3c4ccc(-n5c6ccc(C(C)(C)C)cc6c6cc(C(C)(C)C)ccc65)cc4N(c4c(-c5ccccc5)cc(C(C)(C)C)cc4-c4cccc5oc6ccccc6c45)c4cc(C(C)(C)C)cc2c43)c(-c2cccc3oc4ccccc4c23)c1. The van der Waals surface area contributed by atoms with Gasteiger partial charge >= 0.3 is 0 Å². The number of para-hydroxylation sites is 3. The summed E-state index contributed by atoms with van der Waals surface area (Å²) in [4.78, 5) is 5.48. The third-order valence-corrected chi connectivity index (χ3v) is 25.3. The summed E-state index contributed by atoms with van der Waals surface area (Å²) in [5, 5.41) is 8.98. The van der Waals surface area contributed by atoms with Crippen molar-refractivity contribution >= 4 is 145 Å². The van der Waals surface area contributed by atoms with Crippen molar-refractivity contribution in [3.05, 3.63) is 325 Å². The van der Waals surface area contributed by atoms with Crippen LogP contribution in [0, 0.1) is 0 Å². The lowest BCUT2D eigenvalue weighted by atomic mass is 9.33. The molecule has 0 saturated heterocycles. The molecule has 0 aliphatic carbocycles. The Kier molecular flexibility index (Phi) is 15.9. The van der Waals surface area contributed by atoms with Crippen LogP contribution < -0.4 is 26.2 Å². The van der Waals surface area contributed by atoms with Gasteiger partial charge in [0.25, 0.3) is 6.71 Å². The maximum Gasteiger partial charge on any atom is 0.252 e. The average Bonchev–Trinajstić information content (AvgIpc) is 0.799. The molecular formula is C110H94BN3O3. The van der Waals surface area contributed by atoms with Crippen molar-refractivity contribution < 1.29 is 13.3 Å². The van der Waals surface area contributed by atoms with Crippen LogP contribution in [0.5, 0.6) is 0 Å². The minimum Gasteiger partial charge on any atom is -0.456 e. The first kappa shape index (κ1) is 71.9. The van der Waals surface area contributed by atoms with Gasteiger partial charge < -0.3 is 27.6 Å². The highest BCUT2D eigenvalue weighted by Crippen LogP contribution is 2.58. The number of hydrogen-bond donors (Lipinski definition) is 0. The average molecular weight is 1520 g/mol. The van der Waals surface area contributed by atoms with E-state index < -0.39 is 5.41 Å². The summed E-state index contributed by atoms with van der Waals surface area (Å²) in [5.41, 5.74) is 34.9. The monoisotopic (exact) mass is 1520 g/mol. The van der Waals surface area contributed by atoms with Crippen LogP contribution in [0.1, 0.15) is 132 Å². The van der Waals surface area contributed by atoms with Gasteiger partial charge in [-0.25, -0.2) is 0 Å². The lowest BCUT2D eigenvalue weighted by molar-refractivity contribution is 0.590. The first-order chi connectivity index (χ1) is 56.2. The number of hydrogen-bond acceptors (Lipinski definition) is 5. The van der Waals surface area contributed by atoms with Gasteiger partial charge in [-0.2, -0.15) is 0 Å². The number of rotatable bonds is 8. The normalized spacial score (nSPS) is 13.4. The molecule has 15 aromatic carbocycles. The van der Waals surface area contributed by atoms with Gasteiger partial charge in [0.15, 0.2) is 0 Å². The fourth-order valence-corrected chi connectivity index (χ4v) is 19.1. The van der Waals surface area contributed by atoms with Crippen LogP contribution in [-0.2, 0) is 27.1 Å². The second-order valence-corrected chi connectivity index (χ2v) is 38.0. The molecule has 4 aromatic heterocycles. The molecule has 117 heavy (non-hydrogen) atoms. The highest BCUT2D eigenvalue weighted by atomic mass is 16.3. The molecule has 0 spiro atoms. The Morgan fingerprint density at radius 2 is 0.624 bits per heavy atom. The van der Waals surface area contributed by atoms with Gasteiger partial charge in [0, 0.05) is 93.8 Å². The van der Waals surface area contributed by atoms with Crippen molar-refractivity contribution in [1.29, 1.82) is 0 Å². The Balaban J connectivity index is 0.955. The first-order valence-electron chi connectivity index (χ1n) is 41.5. The van der Waals surface area contributed by atoms with Gasteiger partial charge in [0.2, 0.25) is 0 Å². The zero-order chi connectivity index (χ0) is 80.3. The minimum absolute atomic E-state index is 0.0866. The molecule has 0 fully saturated rings. The lowest BCUT2D eigenvalue weighted by Gasteiger charge is -2.47. The summed E-state index contributed by atoms with van der Waals surface area (Å²) in [6, 6.07) is 113. The van der Waals surface area contributed by atoms with Gasteiger partial charge in [0.1, 0.15) is 33.5 Å². The van der Waals surface area contributed by atoms with Crippen LogP contribution in [-0.4, -0.2) is 11.3 Å². The van der Waals surface area contributed by atoms with Gasteiger partial charge in [-0.05, 0) is 226 Å². The van der Waals surface area contributed by atoms with E-state index in [9.17, 15) is 0 Å². The number of benzene rings is 15. The number of furan rings is 3. The summed E-state index contributed by atoms with van der Waals surface area (Å²) >= 11 is 0. The van der Waals surface area contributed by atoms with E-state index in [1.807, 2.05) is 0 Å². The van der Waals surface area contributed by atoms with E-state index in [1.165, 1.54) is 55.0 Å². The van der Waals surface area contributed by atoms with Crippen molar-refractivity contribution in [2.75, 3.05) is 9.80 Å². The number of anilines is 6. The predicted octanol–water partition coefficient (Wildman–Crippen LogP) is 29.4. The van der Waals surface area contributed by atoms with Gasteiger partial charge in [0.05, 0.1) is 22.4 Å². The van der Waals surface area contributed by atoms with E-state index in [0.29, 0.717) is 0 Å². The van der Waals surface area contributed by atoms with Crippen LogP contribution in [0.3, 0.4) is 0 Å². The van der Waals surface area contributed by atoms with E-state index in [2.05, 4.69) is 415 Å². The molecule has 0 N–H and O–H groups in total. The lowest BCUT2D eigenvalue weighted by Crippen LogP contribution is -2.61. The maximum atomic E-state index is 6.98. The van der Waals surface area contributed by atoms with E-state index >= 15 is 0 Å². The molecule has 0 unspecified atom stereocenters. The zero-order valence-electron chi connectivity index (χ0n) is 69.4. The minimum atomic E-state index is -0.406. The molecule has 570 valence electrons. The summed E-state index contributed by atoms with van der Waals surface area (Å²) in [6.45, 7) is 35.1. The molecule has 0 bridgehead atoms. The molecule has 2 aliphatic heterocycles. The predicted molar refractivity (Wildman–Crippen MR) is 497 cm³/mol. The van der Waals surface area contributed by atoms with Crippen molar-refractivity contribution in [1.82, 2.24) is 4.57 Å². The van der Waals surface area contributed by atoms with Crippen molar-refractivity contribution in [2.45, 2.75) is 131 Å². The molecule has 0 atom stereocenters. The maximum absolute atomic E-state index is 6.98. The number of fused-ring (bicyclic) bond motifs is 16. The molecule has 2 aliphatic rings. The van der Waals surface area contributed by atoms with E-state index in [4.69, 9.17) is 13.3 Å². The Hall–Kier alpha value is -12.8. The highest BCUT2D eigenvalue weighted by molar-refractivity contribution is 7.00. The van der Waals surface area contributed by atoms with E-state index in [-0.39, 0.29) is 28.4 Å². The summed E-state index contributed by atoms with van der Waals surface area (Å²) in [6.07, 6.45) is 0. The zero-order valence-corrected chi connectivity index (χ0v) is 69.4. The molecule has 0 radical (unpaired) electrons. The van der Waals surface area contributed by atoms with Gasteiger partial charge in [-0.3, -0.25) is 0 Å². The number of aromatic nitrogens is 1.